The number of hydrogen-bond donors (Lipinski definition) is 1. The van der Waals surface area contributed by atoms with Gasteiger partial charge in [0.25, 0.3) is 6.43 Å². The molecule has 0 atom stereocenters. The minimum Gasteiger partial charge on any atom is -0.397 e. The van der Waals surface area contributed by atoms with Crippen LogP contribution in [0.4, 0.5) is 27.6 Å². The summed E-state index contributed by atoms with van der Waals surface area (Å²) in [5, 5.41) is 15.2. The molecule has 8 nitrogen and oxygen atoms in total. The SMILES string of the molecule is NS(=O)(=O)c1cnc(C(F)F)c([N+](=O)[O-])c1OC(F)(F)F. The van der Waals surface area contributed by atoms with Crippen LogP contribution in [0, 0.1) is 10.1 Å². The van der Waals surface area contributed by atoms with Crippen LogP contribution in [0.2, 0.25) is 0 Å². The fourth-order valence-electron chi connectivity index (χ4n) is 1.23. The molecule has 1 heterocycles. The van der Waals surface area contributed by atoms with Gasteiger partial charge < -0.3 is 4.74 Å². The van der Waals surface area contributed by atoms with E-state index in [1.807, 2.05) is 0 Å². The number of ether oxygens (including phenoxy) is 1. The van der Waals surface area contributed by atoms with Gasteiger partial charge >= 0.3 is 12.0 Å². The number of hydrogen-bond acceptors (Lipinski definition) is 6. The molecule has 1 rings (SSSR count). The molecule has 0 saturated carbocycles. The predicted octanol–water partition coefficient (Wildman–Crippen LogP) is 1.47. The number of halogens is 5. The third-order valence-corrected chi connectivity index (χ3v) is 2.82. The van der Waals surface area contributed by atoms with E-state index in [1.54, 1.807) is 0 Å². The van der Waals surface area contributed by atoms with E-state index < -0.39 is 49.8 Å². The molecule has 0 aliphatic carbocycles. The van der Waals surface area contributed by atoms with E-state index in [9.17, 15) is 40.5 Å². The molecular formula is C7H4F5N3O5S. The van der Waals surface area contributed by atoms with E-state index in [2.05, 4.69) is 14.9 Å². The van der Waals surface area contributed by atoms with Crippen molar-refractivity contribution in [2.45, 2.75) is 17.7 Å². The Kier molecular flexibility index (Phi) is 4.33. The number of sulfonamides is 1. The van der Waals surface area contributed by atoms with Gasteiger partial charge in [0.05, 0.1) is 11.1 Å². The Hall–Kier alpha value is -2.09. The van der Waals surface area contributed by atoms with Gasteiger partial charge in [0.15, 0.2) is 5.69 Å². The molecule has 0 bridgehead atoms. The lowest BCUT2D eigenvalue weighted by atomic mass is 10.3. The van der Waals surface area contributed by atoms with E-state index in [4.69, 9.17) is 0 Å². The Morgan fingerprint density at radius 1 is 1.38 bits per heavy atom. The number of alkyl halides is 5. The molecule has 0 aromatic carbocycles. The molecule has 0 spiro atoms. The summed E-state index contributed by atoms with van der Waals surface area (Å²) in [6.07, 6.45) is -9.20. The molecule has 0 aliphatic rings. The molecule has 2 N–H and O–H groups in total. The summed E-state index contributed by atoms with van der Waals surface area (Å²) in [7, 11) is -4.94. The maximum Gasteiger partial charge on any atom is 0.573 e. The van der Waals surface area contributed by atoms with Gasteiger partial charge in [-0.3, -0.25) is 10.1 Å². The summed E-state index contributed by atoms with van der Waals surface area (Å²) in [6.45, 7) is 0. The van der Waals surface area contributed by atoms with Crippen LogP contribution in [0.25, 0.3) is 0 Å². The molecule has 14 heteroatoms. The average Bonchev–Trinajstić information content (AvgIpc) is 2.23. The number of nitrogens with two attached hydrogens (primary N) is 1. The van der Waals surface area contributed by atoms with Crippen molar-refractivity contribution in [3.8, 4) is 5.75 Å². The number of nitro groups is 1. The zero-order valence-electron chi connectivity index (χ0n) is 9.47. The van der Waals surface area contributed by atoms with Gasteiger partial charge in [-0.15, -0.1) is 13.2 Å². The zero-order valence-corrected chi connectivity index (χ0v) is 10.3. The number of rotatable bonds is 4. The van der Waals surface area contributed by atoms with Crippen LogP contribution in [0.15, 0.2) is 11.1 Å². The third kappa shape index (κ3) is 3.94. The minimum atomic E-state index is -5.58. The third-order valence-electron chi connectivity index (χ3n) is 1.92. The summed E-state index contributed by atoms with van der Waals surface area (Å²) in [5.41, 5.74) is -3.62. The first-order valence-corrected chi connectivity index (χ1v) is 6.13. The number of primary sulfonamides is 1. The molecule has 0 saturated heterocycles. The second kappa shape index (κ2) is 5.36. The van der Waals surface area contributed by atoms with Crippen LogP contribution in [0.5, 0.6) is 5.75 Å². The highest BCUT2D eigenvalue weighted by atomic mass is 32.2. The highest BCUT2D eigenvalue weighted by Gasteiger charge is 2.41. The van der Waals surface area contributed by atoms with Crippen molar-refractivity contribution in [1.82, 2.24) is 4.98 Å². The zero-order chi connectivity index (χ0) is 16.6. The van der Waals surface area contributed by atoms with Crippen LogP contribution in [0.3, 0.4) is 0 Å². The Morgan fingerprint density at radius 2 is 1.90 bits per heavy atom. The van der Waals surface area contributed by atoms with E-state index in [-0.39, 0.29) is 6.20 Å². The largest absolute Gasteiger partial charge is 0.573 e. The standard InChI is InChI=1S/C7H4F5N3O5S/c8-6(9)3-4(15(16)17)5(20-7(10,11)12)2(1-14-3)21(13,18)19/h1,6H,(H2,13,18,19). The highest BCUT2D eigenvalue weighted by Crippen LogP contribution is 2.41. The molecule has 0 unspecified atom stereocenters. The maximum absolute atomic E-state index is 12.5. The van der Waals surface area contributed by atoms with Gasteiger partial charge in [0.1, 0.15) is 4.90 Å². The van der Waals surface area contributed by atoms with Crippen molar-refractivity contribution in [2.24, 2.45) is 5.14 Å². The molecule has 0 amide bonds. The van der Waals surface area contributed by atoms with Crippen LogP contribution in [0.1, 0.15) is 12.1 Å². The molecule has 0 aliphatic heterocycles. The lowest BCUT2D eigenvalue weighted by molar-refractivity contribution is -0.390. The Labute approximate surface area is 112 Å². The molecule has 118 valence electrons. The molecule has 0 fully saturated rings. The fourth-order valence-corrected chi connectivity index (χ4v) is 1.83. The first kappa shape index (κ1) is 17.0. The Bertz CT molecular complexity index is 674. The molecule has 1 aromatic heterocycles. The van der Waals surface area contributed by atoms with Gasteiger partial charge in [-0.1, -0.05) is 0 Å². The summed E-state index contributed by atoms with van der Waals surface area (Å²) >= 11 is 0. The summed E-state index contributed by atoms with van der Waals surface area (Å²) < 4.78 is 87.0. The van der Waals surface area contributed by atoms with Crippen LogP contribution < -0.4 is 9.88 Å². The second-order valence-corrected chi connectivity index (χ2v) is 4.87. The summed E-state index contributed by atoms with van der Waals surface area (Å²) in [5.74, 6) is -1.97. The van der Waals surface area contributed by atoms with Crippen molar-refractivity contribution in [2.75, 3.05) is 0 Å². The minimum absolute atomic E-state index is 0.0187. The monoisotopic (exact) mass is 337 g/mol. The van der Waals surface area contributed by atoms with Crippen LogP contribution >= 0.6 is 0 Å². The smallest absolute Gasteiger partial charge is 0.397 e. The van der Waals surface area contributed by atoms with E-state index >= 15 is 0 Å². The van der Waals surface area contributed by atoms with Crippen molar-refractivity contribution in [3.05, 3.63) is 22.0 Å². The van der Waals surface area contributed by atoms with Gasteiger partial charge in [-0.25, -0.2) is 27.3 Å². The number of pyridine rings is 1. The van der Waals surface area contributed by atoms with Crippen molar-refractivity contribution < 1.29 is 40.0 Å². The van der Waals surface area contributed by atoms with Gasteiger partial charge in [0, 0.05) is 0 Å². The molecular weight excluding hydrogens is 333 g/mol. The van der Waals surface area contributed by atoms with Crippen LogP contribution in [-0.4, -0.2) is 24.7 Å². The lowest BCUT2D eigenvalue weighted by Gasteiger charge is -2.13. The van der Waals surface area contributed by atoms with E-state index in [0.717, 1.165) is 0 Å². The lowest BCUT2D eigenvalue weighted by Crippen LogP contribution is -2.23. The van der Waals surface area contributed by atoms with Crippen LogP contribution in [-0.2, 0) is 10.0 Å². The van der Waals surface area contributed by atoms with Gasteiger partial charge in [-0.2, -0.15) is 0 Å². The summed E-state index contributed by atoms with van der Waals surface area (Å²) in [4.78, 5) is 10.2. The molecule has 21 heavy (non-hydrogen) atoms. The number of aromatic nitrogens is 1. The van der Waals surface area contributed by atoms with E-state index in [0.29, 0.717) is 0 Å². The highest BCUT2D eigenvalue weighted by molar-refractivity contribution is 7.89. The Morgan fingerprint density at radius 3 is 2.24 bits per heavy atom. The quantitative estimate of drug-likeness (QED) is 0.504. The van der Waals surface area contributed by atoms with Gasteiger partial charge in [0.2, 0.25) is 15.8 Å². The molecule has 1 aromatic rings. The number of nitrogens with zero attached hydrogens (tertiary/aromatic N) is 2. The fraction of sp³-hybridized carbons (Fsp3) is 0.286. The first-order valence-electron chi connectivity index (χ1n) is 4.58. The first-order chi connectivity index (χ1) is 9.34. The van der Waals surface area contributed by atoms with Gasteiger partial charge in [-0.05, 0) is 0 Å². The average molecular weight is 337 g/mol. The van der Waals surface area contributed by atoms with Crippen molar-refractivity contribution in [1.29, 1.82) is 0 Å². The summed E-state index contributed by atoms with van der Waals surface area (Å²) in [6, 6.07) is 0. The topological polar surface area (TPSA) is 125 Å². The normalized spacial score (nSPS) is 12.5. The second-order valence-electron chi connectivity index (χ2n) is 3.34. The van der Waals surface area contributed by atoms with Crippen molar-refractivity contribution in [3.63, 3.8) is 0 Å². The Balaban J connectivity index is 3.80. The maximum atomic E-state index is 12.5. The van der Waals surface area contributed by atoms with Crippen molar-refractivity contribution >= 4 is 15.7 Å². The predicted molar refractivity (Wildman–Crippen MR) is 53.9 cm³/mol. The molecule has 0 radical (unpaired) electrons. The van der Waals surface area contributed by atoms with E-state index in [1.165, 1.54) is 0 Å².